The first-order valence-corrected chi connectivity index (χ1v) is 9.53. The number of methoxy groups -OCH3 is 1. The summed E-state index contributed by atoms with van der Waals surface area (Å²) in [4.78, 5) is 27.7. The molecule has 1 amide bonds. The van der Waals surface area contributed by atoms with Gasteiger partial charge in [0.1, 0.15) is 17.3 Å². The number of ether oxygens (including phenoxy) is 3. The standard InChI is InChI=1S/C21H25NO5/c1-4-15(13-6-8-14(25-3)9-7-13)22-12-21-11-10-16(27-21)17(18(21)19(22)23)20(24)26-5-2/h6-11,15-18H,4-5,12H2,1-3H3. The predicted molar refractivity (Wildman–Crippen MR) is 98.1 cm³/mol. The average Bonchev–Trinajstić information content (AvgIpc) is 3.32. The smallest absolute Gasteiger partial charge is 0.312 e. The first-order chi connectivity index (χ1) is 13.0. The van der Waals surface area contributed by atoms with E-state index in [9.17, 15) is 9.59 Å². The van der Waals surface area contributed by atoms with E-state index in [1.165, 1.54) is 0 Å². The predicted octanol–water partition coefficient (Wildman–Crippen LogP) is 2.49. The second-order valence-corrected chi connectivity index (χ2v) is 7.32. The van der Waals surface area contributed by atoms with E-state index in [1.807, 2.05) is 41.3 Å². The Hall–Kier alpha value is -2.34. The van der Waals surface area contributed by atoms with E-state index in [2.05, 4.69) is 6.92 Å². The van der Waals surface area contributed by atoms with Crippen LogP contribution in [-0.2, 0) is 19.1 Å². The number of hydrogen-bond acceptors (Lipinski definition) is 5. The van der Waals surface area contributed by atoms with Gasteiger partial charge in [-0.3, -0.25) is 9.59 Å². The molecule has 144 valence electrons. The fourth-order valence-electron chi connectivity index (χ4n) is 4.76. The van der Waals surface area contributed by atoms with Crippen LogP contribution in [-0.4, -0.2) is 48.7 Å². The molecule has 3 aliphatic rings. The van der Waals surface area contributed by atoms with Gasteiger partial charge in [-0.05, 0) is 31.0 Å². The number of carbonyl (C=O) groups is 2. The summed E-state index contributed by atoms with van der Waals surface area (Å²) >= 11 is 0. The first-order valence-electron chi connectivity index (χ1n) is 9.53. The lowest BCUT2D eigenvalue weighted by Crippen LogP contribution is -2.40. The van der Waals surface area contributed by atoms with Crippen molar-refractivity contribution in [1.82, 2.24) is 4.90 Å². The highest BCUT2D eigenvalue weighted by Crippen LogP contribution is 2.53. The van der Waals surface area contributed by atoms with E-state index >= 15 is 0 Å². The van der Waals surface area contributed by atoms with Gasteiger partial charge in [-0.1, -0.05) is 31.2 Å². The summed E-state index contributed by atoms with van der Waals surface area (Å²) in [5, 5.41) is 0. The van der Waals surface area contributed by atoms with Crippen molar-refractivity contribution in [2.45, 2.75) is 38.0 Å². The first kappa shape index (κ1) is 18.0. The number of hydrogen-bond donors (Lipinski definition) is 0. The third-order valence-electron chi connectivity index (χ3n) is 5.95. The van der Waals surface area contributed by atoms with Gasteiger partial charge < -0.3 is 19.1 Å². The van der Waals surface area contributed by atoms with Gasteiger partial charge in [-0.25, -0.2) is 0 Å². The SMILES string of the molecule is CCOC(=O)C1C2C=CC3(CN(C(CC)c4ccc(OC)cc4)C(=O)C13)O2. The normalized spacial score (nSPS) is 31.9. The zero-order valence-electron chi connectivity index (χ0n) is 15.9. The van der Waals surface area contributed by atoms with Crippen molar-refractivity contribution in [1.29, 1.82) is 0 Å². The summed E-state index contributed by atoms with van der Waals surface area (Å²) in [5.41, 5.74) is 0.341. The van der Waals surface area contributed by atoms with E-state index in [-0.39, 0.29) is 24.0 Å². The topological polar surface area (TPSA) is 65.1 Å². The van der Waals surface area contributed by atoms with Crippen molar-refractivity contribution >= 4 is 11.9 Å². The van der Waals surface area contributed by atoms with Crippen molar-refractivity contribution in [3.05, 3.63) is 42.0 Å². The largest absolute Gasteiger partial charge is 0.497 e. The molecular weight excluding hydrogens is 346 g/mol. The zero-order valence-corrected chi connectivity index (χ0v) is 15.9. The molecule has 2 saturated heterocycles. The number of amides is 1. The van der Waals surface area contributed by atoms with Crippen LogP contribution in [0.3, 0.4) is 0 Å². The van der Waals surface area contributed by atoms with Crippen molar-refractivity contribution in [2.75, 3.05) is 20.3 Å². The van der Waals surface area contributed by atoms with Crippen molar-refractivity contribution < 1.29 is 23.8 Å². The van der Waals surface area contributed by atoms with Crippen LogP contribution in [0.25, 0.3) is 0 Å². The Labute approximate surface area is 159 Å². The molecule has 6 nitrogen and oxygen atoms in total. The molecule has 0 aliphatic carbocycles. The molecule has 0 saturated carbocycles. The van der Waals surface area contributed by atoms with Gasteiger partial charge in [0.05, 0.1) is 38.3 Å². The summed E-state index contributed by atoms with van der Waals surface area (Å²) in [6.07, 6.45) is 4.29. The maximum atomic E-state index is 13.4. The highest BCUT2D eigenvalue weighted by molar-refractivity contribution is 5.91. The van der Waals surface area contributed by atoms with Crippen LogP contribution in [0.1, 0.15) is 31.9 Å². The molecule has 27 heavy (non-hydrogen) atoms. The molecule has 3 heterocycles. The van der Waals surface area contributed by atoms with Gasteiger partial charge in [-0.2, -0.15) is 0 Å². The number of likely N-dealkylation sites (tertiary alicyclic amines) is 1. The molecule has 1 aromatic rings. The van der Waals surface area contributed by atoms with E-state index in [0.717, 1.165) is 17.7 Å². The van der Waals surface area contributed by atoms with Crippen molar-refractivity contribution in [3.8, 4) is 5.75 Å². The van der Waals surface area contributed by atoms with Gasteiger partial charge in [0.15, 0.2) is 0 Å². The number of rotatable bonds is 6. The number of carbonyl (C=O) groups excluding carboxylic acids is 2. The molecule has 4 rings (SSSR count). The second-order valence-electron chi connectivity index (χ2n) is 7.32. The molecule has 2 bridgehead atoms. The molecule has 5 atom stereocenters. The summed E-state index contributed by atoms with van der Waals surface area (Å²) in [6, 6.07) is 7.72. The Morgan fingerprint density at radius 1 is 1.33 bits per heavy atom. The highest BCUT2D eigenvalue weighted by Gasteiger charge is 2.67. The molecule has 3 aliphatic heterocycles. The van der Waals surface area contributed by atoms with E-state index in [1.54, 1.807) is 14.0 Å². The minimum Gasteiger partial charge on any atom is -0.497 e. The quantitative estimate of drug-likeness (QED) is 0.568. The van der Waals surface area contributed by atoms with Crippen LogP contribution in [0.4, 0.5) is 0 Å². The van der Waals surface area contributed by atoms with E-state index in [4.69, 9.17) is 14.2 Å². The van der Waals surface area contributed by atoms with E-state index in [0.29, 0.717) is 13.2 Å². The summed E-state index contributed by atoms with van der Waals surface area (Å²) in [5.74, 6) is -0.641. The lowest BCUT2D eigenvalue weighted by Gasteiger charge is -2.29. The molecule has 0 aromatic heterocycles. The van der Waals surface area contributed by atoms with Crippen LogP contribution >= 0.6 is 0 Å². The highest BCUT2D eigenvalue weighted by atomic mass is 16.6. The number of fused-ring (bicyclic) bond motifs is 1. The van der Waals surface area contributed by atoms with Crippen LogP contribution < -0.4 is 4.74 Å². The summed E-state index contributed by atoms with van der Waals surface area (Å²) in [6.45, 7) is 4.60. The van der Waals surface area contributed by atoms with Crippen LogP contribution in [0.5, 0.6) is 5.75 Å². The van der Waals surface area contributed by atoms with Crippen LogP contribution in [0, 0.1) is 11.8 Å². The number of nitrogens with zero attached hydrogens (tertiary/aromatic N) is 1. The lowest BCUT2D eigenvalue weighted by molar-refractivity contribution is -0.153. The third-order valence-corrected chi connectivity index (χ3v) is 5.95. The molecule has 0 radical (unpaired) electrons. The Kier molecular flexibility index (Phi) is 4.46. The molecule has 0 N–H and O–H groups in total. The molecule has 5 unspecified atom stereocenters. The third kappa shape index (κ3) is 2.65. The van der Waals surface area contributed by atoms with E-state index < -0.39 is 17.4 Å². The Balaban J connectivity index is 1.63. The minimum absolute atomic E-state index is 0.0254. The Morgan fingerprint density at radius 3 is 2.70 bits per heavy atom. The lowest BCUT2D eigenvalue weighted by atomic mass is 9.77. The van der Waals surface area contributed by atoms with Crippen molar-refractivity contribution in [2.24, 2.45) is 11.8 Å². The minimum atomic E-state index is -0.709. The monoisotopic (exact) mass is 371 g/mol. The summed E-state index contributed by atoms with van der Waals surface area (Å²) < 4.78 is 16.6. The summed E-state index contributed by atoms with van der Waals surface area (Å²) in [7, 11) is 1.63. The number of benzene rings is 1. The van der Waals surface area contributed by atoms with Crippen LogP contribution in [0.2, 0.25) is 0 Å². The van der Waals surface area contributed by atoms with Gasteiger partial charge >= 0.3 is 5.97 Å². The van der Waals surface area contributed by atoms with Gasteiger partial charge in [0.2, 0.25) is 5.91 Å². The average molecular weight is 371 g/mol. The molecular formula is C21H25NO5. The van der Waals surface area contributed by atoms with Gasteiger partial charge in [-0.15, -0.1) is 0 Å². The Morgan fingerprint density at radius 2 is 2.07 bits per heavy atom. The fraction of sp³-hybridized carbons (Fsp3) is 0.524. The molecule has 6 heteroatoms. The Bertz CT molecular complexity index is 773. The maximum absolute atomic E-state index is 13.4. The zero-order chi connectivity index (χ0) is 19.2. The molecule has 1 spiro atoms. The molecule has 2 fully saturated rings. The molecule has 1 aromatic carbocycles. The van der Waals surface area contributed by atoms with Crippen LogP contribution in [0.15, 0.2) is 36.4 Å². The van der Waals surface area contributed by atoms with Gasteiger partial charge in [0.25, 0.3) is 0 Å². The number of esters is 1. The van der Waals surface area contributed by atoms with Gasteiger partial charge in [0, 0.05) is 0 Å². The fourth-order valence-corrected chi connectivity index (χ4v) is 4.76. The van der Waals surface area contributed by atoms with Crippen molar-refractivity contribution in [3.63, 3.8) is 0 Å². The maximum Gasteiger partial charge on any atom is 0.312 e. The second kappa shape index (κ2) is 6.68.